The van der Waals surface area contributed by atoms with Crippen LogP contribution >= 0.6 is 0 Å². The molecule has 0 saturated heterocycles. The number of amides is 1. The van der Waals surface area contributed by atoms with Gasteiger partial charge in [-0.1, -0.05) is 6.92 Å². The molecule has 72 valence electrons. The second kappa shape index (κ2) is 4.28. The average molecular weight is 177 g/mol. The SMILES string of the molecule is CCC(C)(F)COC(=O)N(C)C. The fourth-order valence-electron chi connectivity index (χ4n) is 0.443. The summed E-state index contributed by atoms with van der Waals surface area (Å²) in [5, 5.41) is 0. The Kier molecular flexibility index (Phi) is 4.00. The molecule has 1 amide bonds. The number of hydrogen-bond donors (Lipinski definition) is 0. The highest BCUT2D eigenvalue weighted by molar-refractivity contribution is 5.66. The van der Waals surface area contributed by atoms with Crippen molar-refractivity contribution in [3.8, 4) is 0 Å². The van der Waals surface area contributed by atoms with Crippen LogP contribution in [0.4, 0.5) is 9.18 Å². The monoisotopic (exact) mass is 177 g/mol. The molecule has 12 heavy (non-hydrogen) atoms. The summed E-state index contributed by atoms with van der Waals surface area (Å²) in [7, 11) is 3.12. The van der Waals surface area contributed by atoms with Gasteiger partial charge in [-0.3, -0.25) is 0 Å². The minimum absolute atomic E-state index is 0.180. The van der Waals surface area contributed by atoms with Crippen LogP contribution in [0.1, 0.15) is 20.3 Å². The molecule has 4 heteroatoms. The van der Waals surface area contributed by atoms with E-state index in [0.29, 0.717) is 6.42 Å². The molecule has 0 aromatic heterocycles. The maximum atomic E-state index is 13.1. The van der Waals surface area contributed by atoms with Crippen LogP contribution in [-0.4, -0.2) is 37.4 Å². The Morgan fingerprint density at radius 3 is 2.42 bits per heavy atom. The third-order valence-electron chi connectivity index (χ3n) is 1.60. The highest BCUT2D eigenvalue weighted by Crippen LogP contribution is 2.14. The molecular weight excluding hydrogens is 161 g/mol. The Balaban J connectivity index is 3.76. The third-order valence-corrected chi connectivity index (χ3v) is 1.60. The zero-order chi connectivity index (χ0) is 9.78. The molecule has 0 aliphatic rings. The van der Waals surface area contributed by atoms with Gasteiger partial charge in [0.1, 0.15) is 12.3 Å². The van der Waals surface area contributed by atoms with Gasteiger partial charge in [0.15, 0.2) is 0 Å². The fourth-order valence-corrected chi connectivity index (χ4v) is 0.443. The predicted molar refractivity (Wildman–Crippen MR) is 44.8 cm³/mol. The smallest absolute Gasteiger partial charge is 0.409 e. The molecule has 3 nitrogen and oxygen atoms in total. The predicted octanol–water partition coefficient (Wildman–Crippen LogP) is 1.82. The van der Waals surface area contributed by atoms with Crippen molar-refractivity contribution >= 4 is 6.09 Å². The first-order chi connectivity index (χ1) is 5.39. The summed E-state index contributed by atoms with van der Waals surface area (Å²) in [6, 6.07) is 0. The minimum Gasteiger partial charge on any atom is -0.446 e. The first-order valence-corrected chi connectivity index (χ1v) is 3.92. The molecule has 0 radical (unpaired) electrons. The number of carbonyl (C=O) groups is 1. The number of rotatable bonds is 3. The van der Waals surface area contributed by atoms with E-state index in [1.165, 1.54) is 11.8 Å². The second-order valence-electron chi connectivity index (χ2n) is 3.22. The van der Waals surface area contributed by atoms with Crippen LogP contribution in [-0.2, 0) is 4.74 Å². The van der Waals surface area contributed by atoms with Gasteiger partial charge in [0.2, 0.25) is 0 Å². The number of alkyl halides is 1. The van der Waals surface area contributed by atoms with E-state index in [1.807, 2.05) is 0 Å². The molecule has 0 heterocycles. The summed E-state index contributed by atoms with van der Waals surface area (Å²) in [6.45, 7) is 2.94. The highest BCUT2D eigenvalue weighted by atomic mass is 19.1. The quantitative estimate of drug-likeness (QED) is 0.658. The van der Waals surface area contributed by atoms with E-state index in [9.17, 15) is 9.18 Å². The van der Waals surface area contributed by atoms with Crippen LogP contribution in [0.5, 0.6) is 0 Å². The lowest BCUT2D eigenvalue weighted by Gasteiger charge is -2.19. The van der Waals surface area contributed by atoms with E-state index in [4.69, 9.17) is 0 Å². The summed E-state index contributed by atoms with van der Waals surface area (Å²) in [6.07, 6.45) is -0.166. The number of carbonyl (C=O) groups excluding carboxylic acids is 1. The summed E-state index contributed by atoms with van der Waals surface area (Å²) in [5.41, 5.74) is -1.41. The average Bonchev–Trinajstić information content (AvgIpc) is 2.00. The largest absolute Gasteiger partial charge is 0.446 e. The van der Waals surface area contributed by atoms with Gasteiger partial charge >= 0.3 is 6.09 Å². The summed E-state index contributed by atoms with van der Waals surface area (Å²) in [4.78, 5) is 12.1. The summed E-state index contributed by atoms with van der Waals surface area (Å²) in [5.74, 6) is 0. The number of halogens is 1. The van der Waals surface area contributed by atoms with E-state index in [2.05, 4.69) is 4.74 Å². The molecule has 0 fully saturated rings. The van der Waals surface area contributed by atoms with Crippen LogP contribution in [0.2, 0.25) is 0 Å². The molecule has 0 N–H and O–H groups in total. The molecule has 0 bridgehead atoms. The molecule has 1 atom stereocenters. The van der Waals surface area contributed by atoms with Crippen molar-refractivity contribution in [2.24, 2.45) is 0 Å². The molecular formula is C8H16FNO2. The van der Waals surface area contributed by atoms with Crippen molar-refractivity contribution in [2.45, 2.75) is 25.9 Å². The molecule has 0 aromatic carbocycles. The van der Waals surface area contributed by atoms with Crippen molar-refractivity contribution in [1.29, 1.82) is 0 Å². The molecule has 0 aliphatic heterocycles. The number of nitrogens with zero attached hydrogens (tertiary/aromatic N) is 1. The van der Waals surface area contributed by atoms with Gasteiger partial charge in [-0.25, -0.2) is 9.18 Å². The van der Waals surface area contributed by atoms with Crippen molar-refractivity contribution in [1.82, 2.24) is 4.90 Å². The Bertz CT molecular complexity index is 157. The lowest BCUT2D eigenvalue weighted by Crippen LogP contribution is -2.30. The van der Waals surface area contributed by atoms with Gasteiger partial charge in [0, 0.05) is 14.1 Å². The standard InChI is InChI=1S/C8H16FNO2/c1-5-8(2,9)6-12-7(11)10(3)4/h5-6H2,1-4H3. The van der Waals surface area contributed by atoms with Crippen molar-refractivity contribution in [3.05, 3.63) is 0 Å². The lowest BCUT2D eigenvalue weighted by molar-refractivity contribution is 0.0450. The summed E-state index contributed by atoms with van der Waals surface area (Å²) < 4.78 is 17.8. The lowest BCUT2D eigenvalue weighted by atomic mass is 10.1. The van der Waals surface area contributed by atoms with Crippen LogP contribution in [0.3, 0.4) is 0 Å². The Morgan fingerprint density at radius 2 is 2.08 bits per heavy atom. The Morgan fingerprint density at radius 1 is 1.58 bits per heavy atom. The zero-order valence-electron chi connectivity index (χ0n) is 8.06. The van der Waals surface area contributed by atoms with Crippen molar-refractivity contribution in [3.63, 3.8) is 0 Å². The van der Waals surface area contributed by atoms with Crippen molar-refractivity contribution in [2.75, 3.05) is 20.7 Å². The fraction of sp³-hybridized carbons (Fsp3) is 0.875. The normalized spacial score (nSPS) is 15.1. The zero-order valence-corrected chi connectivity index (χ0v) is 8.06. The summed E-state index contributed by atoms with van der Waals surface area (Å²) >= 11 is 0. The highest BCUT2D eigenvalue weighted by Gasteiger charge is 2.23. The molecule has 0 aromatic rings. The van der Waals surface area contributed by atoms with Gasteiger partial charge < -0.3 is 9.64 Å². The van der Waals surface area contributed by atoms with Crippen LogP contribution < -0.4 is 0 Å². The first kappa shape index (κ1) is 11.2. The van der Waals surface area contributed by atoms with Crippen LogP contribution in [0.15, 0.2) is 0 Å². The maximum absolute atomic E-state index is 13.1. The van der Waals surface area contributed by atoms with E-state index in [0.717, 1.165) is 0 Å². The molecule has 1 unspecified atom stereocenters. The molecule has 0 rings (SSSR count). The molecule has 0 aliphatic carbocycles. The van der Waals surface area contributed by atoms with Crippen molar-refractivity contribution < 1.29 is 13.9 Å². The molecule has 0 spiro atoms. The second-order valence-corrected chi connectivity index (χ2v) is 3.22. The number of ether oxygens (including phenoxy) is 1. The first-order valence-electron chi connectivity index (χ1n) is 3.92. The van der Waals surface area contributed by atoms with Crippen LogP contribution in [0.25, 0.3) is 0 Å². The van der Waals surface area contributed by atoms with Gasteiger partial charge in [-0.2, -0.15) is 0 Å². The third kappa shape index (κ3) is 4.16. The number of hydrogen-bond acceptors (Lipinski definition) is 2. The van der Waals surface area contributed by atoms with E-state index in [1.54, 1.807) is 21.0 Å². The van der Waals surface area contributed by atoms with Gasteiger partial charge in [0.05, 0.1) is 0 Å². The Hall–Kier alpha value is -0.800. The van der Waals surface area contributed by atoms with Gasteiger partial charge in [0.25, 0.3) is 0 Å². The van der Waals surface area contributed by atoms with E-state index >= 15 is 0 Å². The van der Waals surface area contributed by atoms with Crippen LogP contribution in [0, 0.1) is 0 Å². The molecule has 0 saturated carbocycles. The Labute approximate surface area is 72.5 Å². The van der Waals surface area contributed by atoms with E-state index < -0.39 is 11.8 Å². The maximum Gasteiger partial charge on any atom is 0.409 e. The minimum atomic E-state index is -1.41. The van der Waals surface area contributed by atoms with Gasteiger partial charge in [-0.15, -0.1) is 0 Å². The van der Waals surface area contributed by atoms with Gasteiger partial charge in [-0.05, 0) is 13.3 Å². The topological polar surface area (TPSA) is 29.5 Å². The van der Waals surface area contributed by atoms with E-state index in [-0.39, 0.29) is 6.61 Å².